The number of aliphatic hydroxyl groups excluding tert-OH is 1. The molecule has 1 atom stereocenters. The quantitative estimate of drug-likeness (QED) is 0.867. The van der Waals surface area contributed by atoms with Gasteiger partial charge in [-0.05, 0) is 30.5 Å². The Labute approximate surface area is 85.7 Å². The van der Waals surface area contributed by atoms with Crippen LogP contribution < -0.4 is 0 Å². The first kappa shape index (κ1) is 10.7. The summed E-state index contributed by atoms with van der Waals surface area (Å²) < 4.78 is 12.9. The third-order valence-corrected chi connectivity index (χ3v) is 2.33. The maximum atomic E-state index is 11.9. The lowest BCUT2D eigenvalue weighted by Gasteiger charge is -2.05. The second-order valence-electron chi connectivity index (χ2n) is 2.98. The second-order valence-corrected chi connectivity index (χ2v) is 3.89. The van der Waals surface area contributed by atoms with Gasteiger partial charge in [0.2, 0.25) is 0 Å². The van der Waals surface area contributed by atoms with Crippen molar-refractivity contribution in [2.75, 3.05) is 6.67 Å². The van der Waals surface area contributed by atoms with Crippen molar-refractivity contribution in [3.8, 4) is 0 Å². The minimum atomic E-state index is -0.820. The van der Waals surface area contributed by atoms with Crippen LogP contribution in [0.5, 0.6) is 0 Å². The Morgan fingerprint density at radius 1 is 1.46 bits per heavy atom. The van der Waals surface area contributed by atoms with Crippen molar-refractivity contribution in [2.24, 2.45) is 0 Å². The molecular formula is C10H12BrFO. The molecule has 1 nitrogen and oxygen atoms in total. The lowest BCUT2D eigenvalue weighted by Crippen LogP contribution is -2.09. The summed E-state index contributed by atoms with van der Waals surface area (Å²) in [6, 6.07) is 7.82. The number of halogens is 2. The monoisotopic (exact) mass is 246 g/mol. The molecule has 0 aliphatic rings. The molecule has 0 amide bonds. The van der Waals surface area contributed by atoms with E-state index in [0.717, 1.165) is 10.0 Å². The Bertz CT molecular complexity index is 265. The fourth-order valence-electron chi connectivity index (χ4n) is 1.10. The maximum Gasteiger partial charge on any atom is 0.115 e. The molecule has 0 bridgehead atoms. The van der Waals surface area contributed by atoms with E-state index < -0.39 is 12.8 Å². The summed E-state index contributed by atoms with van der Waals surface area (Å²) in [4.78, 5) is 0. The summed E-state index contributed by atoms with van der Waals surface area (Å²) in [5, 5.41) is 9.00. The average molecular weight is 247 g/mol. The Morgan fingerprint density at radius 2 is 2.23 bits per heavy atom. The smallest absolute Gasteiger partial charge is 0.115 e. The van der Waals surface area contributed by atoms with Gasteiger partial charge in [0, 0.05) is 4.47 Å². The summed E-state index contributed by atoms with van der Waals surface area (Å²) in [6.07, 6.45) is 0.372. The lowest BCUT2D eigenvalue weighted by molar-refractivity contribution is 0.131. The summed E-state index contributed by atoms with van der Waals surface area (Å²) in [5.74, 6) is 0. The molecule has 72 valence electrons. The lowest BCUT2D eigenvalue weighted by atomic mass is 10.1. The van der Waals surface area contributed by atoms with E-state index >= 15 is 0 Å². The van der Waals surface area contributed by atoms with Crippen LogP contribution >= 0.6 is 15.9 Å². The molecule has 0 spiro atoms. The van der Waals surface area contributed by atoms with Gasteiger partial charge in [-0.15, -0.1) is 0 Å². The van der Waals surface area contributed by atoms with E-state index in [1.54, 1.807) is 0 Å². The zero-order chi connectivity index (χ0) is 9.68. The molecule has 0 saturated heterocycles. The molecule has 3 heteroatoms. The molecule has 1 aromatic carbocycles. The fourth-order valence-corrected chi connectivity index (χ4v) is 1.55. The minimum absolute atomic E-state index is 0.479. The van der Waals surface area contributed by atoms with Gasteiger partial charge in [-0.25, -0.2) is 4.39 Å². The summed E-state index contributed by atoms with van der Waals surface area (Å²) in [5.41, 5.74) is 1.11. The van der Waals surface area contributed by atoms with E-state index in [0.29, 0.717) is 12.8 Å². The molecule has 1 aromatic rings. The zero-order valence-corrected chi connectivity index (χ0v) is 8.80. The number of benzene rings is 1. The summed E-state index contributed by atoms with van der Waals surface area (Å²) in [6.45, 7) is -0.659. The summed E-state index contributed by atoms with van der Waals surface area (Å²) in [7, 11) is 0. The van der Waals surface area contributed by atoms with E-state index in [1.807, 2.05) is 24.3 Å². The molecule has 0 aliphatic heterocycles. The molecule has 0 fully saturated rings. The first-order chi connectivity index (χ1) is 6.22. The molecule has 1 N–H and O–H groups in total. The van der Waals surface area contributed by atoms with E-state index in [1.165, 1.54) is 0 Å². The van der Waals surface area contributed by atoms with Gasteiger partial charge < -0.3 is 5.11 Å². The van der Waals surface area contributed by atoms with Crippen LogP contribution in [0, 0.1) is 0 Å². The third kappa shape index (κ3) is 3.87. The van der Waals surface area contributed by atoms with Crippen molar-refractivity contribution in [3.05, 3.63) is 34.3 Å². The van der Waals surface area contributed by atoms with Crippen molar-refractivity contribution in [2.45, 2.75) is 18.9 Å². The van der Waals surface area contributed by atoms with Crippen LogP contribution in [-0.4, -0.2) is 17.9 Å². The van der Waals surface area contributed by atoms with Crippen LogP contribution in [0.25, 0.3) is 0 Å². The minimum Gasteiger partial charge on any atom is -0.390 e. The largest absolute Gasteiger partial charge is 0.390 e. The average Bonchev–Trinajstić information content (AvgIpc) is 2.14. The van der Waals surface area contributed by atoms with Crippen molar-refractivity contribution in [1.29, 1.82) is 0 Å². The molecule has 1 unspecified atom stereocenters. The molecule has 0 aromatic heterocycles. The highest BCUT2D eigenvalue weighted by Gasteiger charge is 2.03. The van der Waals surface area contributed by atoms with Crippen molar-refractivity contribution in [3.63, 3.8) is 0 Å². The normalized spacial score (nSPS) is 12.8. The van der Waals surface area contributed by atoms with Gasteiger partial charge in [-0.1, -0.05) is 28.1 Å². The van der Waals surface area contributed by atoms with Crippen LogP contribution in [0.2, 0.25) is 0 Å². The van der Waals surface area contributed by atoms with Crippen molar-refractivity contribution >= 4 is 15.9 Å². The van der Waals surface area contributed by atoms with Gasteiger partial charge in [0.1, 0.15) is 6.67 Å². The number of alkyl halides is 1. The highest BCUT2D eigenvalue weighted by molar-refractivity contribution is 9.10. The van der Waals surface area contributed by atoms with E-state index in [-0.39, 0.29) is 0 Å². The van der Waals surface area contributed by atoms with Gasteiger partial charge in [-0.3, -0.25) is 0 Å². The van der Waals surface area contributed by atoms with Crippen LogP contribution in [0.3, 0.4) is 0 Å². The number of rotatable bonds is 4. The second kappa shape index (κ2) is 5.35. The van der Waals surface area contributed by atoms with Gasteiger partial charge >= 0.3 is 0 Å². The predicted molar refractivity (Wildman–Crippen MR) is 54.4 cm³/mol. The maximum absolute atomic E-state index is 11.9. The Morgan fingerprint density at radius 3 is 2.85 bits per heavy atom. The van der Waals surface area contributed by atoms with E-state index in [2.05, 4.69) is 15.9 Å². The Hall–Kier alpha value is -0.410. The molecule has 13 heavy (non-hydrogen) atoms. The standard InChI is InChI=1S/C10H12BrFO/c11-9-3-1-2-8(6-9)4-5-10(13)7-12/h1-3,6,10,13H,4-5,7H2. The topological polar surface area (TPSA) is 20.2 Å². The molecule has 0 aliphatic carbocycles. The molecule has 0 radical (unpaired) electrons. The molecule has 0 saturated carbocycles. The Balaban J connectivity index is 2.45. The SMILES string of the molecule is OC(CF)CCc1cccc(Br)c1. The van der Waals surface area contributed by atoms with Gasteiger partial charge in [0.25, 0.3) is 0 Å². The van der Waals surface area contributed by atoms with E-state index in [9.17, 15) is 4.39 Å². The van der Waals surface area contributed by atoms with Crippen molar-refractivity contribution < 1.29 is 9.50 Å². The number of hydrogen-bond donors (Lipinski definition) is 1. The predicted octanol–water partition coefficient (Wildman–Crippen LogP) is 2.71. The zero-order valence-electron chi connectivity index (χ0n) is 7.21. The van der Waals surface area contributed by atoms with Gasteiger partial charge in [0.05, 0.1) is 6.10 Å². The van der Waals surface area contributed by atoms with Crippen LogP contribution in [0.1, 0.15) is 12.0 Å². The van der Waals surface area contributed by atoms with E-state index in [4.69, 9.17) is 5.11 Å². The number of aryl methyl sites for hydroxylation is 1. The fraction of sp³-hybridized carbons (Fsp3) is 0.400. The van der Waals surface area contributed by atoms with Gasteiger partial charge in [-0.2, -0.15) is 0 Å². The highest BCUT2D eigenvalue weighted by atomic mass is 79.9. The van der Waals surface area contributed by atoms with Crippen LogP contribution in [-0.2, 0) is 6.42 Å². The third-order valence-electron chi connectivity index (χ3n) is 1.83. The summed E-state index contributed by atoms with van der Waals surface area (Å²) >= 11 is 3.35. The van der Waals surface area contributed by atoms with Crippen LogP contribution in [0.4, 0.5) is 4.39 Å². The molecule has 1 rings (SSSR count). The molecule has 0 heterocycles. The molecular weight excluding hydrogens is 235 g/mol. The highest BCUT2D eigenvalue weighted by Crippen LogP contribution is 2.13. The van der Waals surface area contributed by atoms with Crippen molar-refractivity contribution in [1.82, 2.24) is 0 Å². The first-order valence-electron chi connectivity index (χ1n) is 4.21. The number of hydrogen-bond acceptors (Lipinski definition) is 1. The first-order valence-corrected chi connectivity index (χ1v) is 5.00. The number of aliphatic hydroxyl groups is 1. The van der Waals surface area contributed by atoms with Gasteiger partial charge in [0.15, 0.2) is 0 Å². The van der Waals surface area contributed by atoms with Crippen LogP contribution in [0.15, 0.2) is 28.7 Å². The Kier molecular flexibility index (Phi) is 4.39.